The van der Waals surface area contributed by atoms with Crippen molar-refractivity contribution in [1.29, 1.82) is 0 Å². The second-order valence-electron chi connectivity index (χ2n) is 9.77. The molecule has 3 heteroatoms. The Morgan fingerprint density at radius 1 is 0.312 bits per heavy atom. The summed E-state index contributed by atoms with van der Waals surface area (Å²) >= 11 is 0. The molecule has 0 saturated heterocycles. The molecule has 188 valence electrons. The predicted molar refractivity (Wildman–Crippen MR) is 137 cm³/mol. The maximum Gasteiger partial charge on any atom is 0.133 e. The summed E-state index contributed by atoms with van der Waals surface area (Å²) in [5.74, 6) is 0.496. The van der Waals surface area contributed by atoms with Crippen molar-refractivity contribution in [3.05, 3.63) is 0 Å². The first-order chi connectivity index (χ1) is 15.6. The minimum absolute atomic E-state index is 0.0749. The Kier molecular flexibility index (Phi) is 23.9. The Morgan fingerprint density at radius 2 is 0.531 bits per heavy atom. The van der Waals surface area contributed by atoms with E-state index in [1.165, 1.54) is 89.9 Å². The molecule has 0 unspecified atom stereocenters. The van der Waals surface area contributed by atoms with Crippen LogP contribution >= 0.6 is 0 Å². The first kappa shape index (κ1) is 31.0. The highest BCUT2D eigenvalue weighted by Gasteiger charge is 2.10. The lowest BCUT2D eigenvalue weighted by molar-refractivity contribution is -0.126. The van der Waals surface area contributed by atoms with Crippen LogP contribution in [0.1, 0.15) is 168 Å². The molecule has 0 N–H and O–H groups in total. The van der Waals surface area contributed by atoms with Gasteiger partial charge in [-0.3, -0.25) is 14.4 Å². The molecule has 0 rings (SSSR count). The molecule has 3 nitrogen and oxygen atoms in total. The molecular formula is C29H54O3. The van der Waals surface area contributed by atoms with Gasteiger partial charge in [0.15, 0.2) is 0 Å². The first-order valence-corrected chi connectivity index (χ1v) is 14.1. The van der Waals surface area contributed by atoms with E-state index < -0.39 is 0 Å². The van der Waals surface area contributed by atoms with Crippen LogP contribution in [0.2, 0.25) is 0 Å². The summed E-state index contributed by atoms with van der Waals surface area (Å²) < 4.78 is 0. The highest BCUT2D eigenvalue weighted by molar-refractivity contribution is 5.89. The van der Waals surface area contributed by atoms with E-state index in [1.54, 1.807) is 0 Å². The van der Waals surface area contributed by atoms with E-state index in [2.05, 4.69) is 13.8 Å². The van der Waals surface area contributed by atoms with Gasteiger partial charge < -0.3 is 0 Å². The minimum atomic E-state index is 0.0749. The summed E-state index contributed by atoms with van der Waals surface area (Å²) in [5, 5.41) is 0. The Bertz CT molecular complexity index is 415. The molecule has 32 heavy (non-hydrogen) atoms. The largest absolute Gasteiger partial charge is 0.300 e. The van der Waals surface area contributed by atoms with Crippen LogP contribution in [-0.2, 0) is 14.4 Å². The monoisotopic (exact) mass is 450 g/mol. The second kappa shape index (κ2) is 24.6. The van der Waals surface area contributed by atoms with Gasteiger partial charge in [-0.1, -0.05) is 117 Å². The van der Waals surface area contributed by atoms with Crippen molar-refractivity contribution in [2.24, 2.45) is 0 Å². The number of hydrogen-bond donors (Lipinski definition) is 0. The van der Waals surface area contributed by atoms with Gasteiger partial charge in [-0.15, -0.1) is 0 Å². The number of rotatable bonds is 26. The highest BCUT2D eigenvalue weighted by Crippen LogP contribution is 2.13. The fourth-order valence-electron chi connectivity index (χ4n) is 4.20. The number of unbranched alkanes of at least 4 members (excludes halogenated alkanes) is 16. The molecule has 0 aromatic carbocycles. The summed E-state index contributed by atoms with van der Waals surface area (Å²) in [5.41, 5.74) is 0. The van der Waals surface area contributed by atoms with E-state index in [-0.39, 0.29) is 17.3 Å². The molecular weight excluding hydrogens is 396 g/mol. The van der Waals surface area contributed by atoms with Crippen molar-refractivity contribution < 1.29 is 14.4 Å². The second-order valence-corrected chi connectivity index (χ2v) is 9.77. The zero-order chi connectivity index (χ0) is 23.7. The standard InChI is InChI=1S/C29H54O3/c1-3-5-7-9-11-13-15-17-19-21-27(30)23-25-29(32)26-24-28(31)22-20-18-16-14-12-10-8-6-4-2/h3-26H2,1-2H3. The van der Waals surface area contributed by atoms with E-state index in [4.69, 9.17) is 0 Å². The van der Waals surface area contributed by atoms with Crippen LogP contribution in [0.5, 0.6) is 0 Å². The van der Waals surface area contributed by atoms with Gasteiger partial charge in [0, 0.05) is 38.5 Å². The van der Waals surface area contributed by atoms with Crippen LogP contribution in [0.25, 0.3) is 0 Å². The zero-order valence-electron chi connectivity index (χ0n) is 21.7. The number of hydrogen-bond acceptors (Lipinski definition) is 3. The molecule has 0 amide bonds. The van der Waals surface area contributed by atoms with Gasteiger partial charge in [0.05, 0.1) is 0 Å². The van der Waals surface area contributed by atoms with Gasteiger partial charge in [-0.2, -0.15) is 0 Å². The lowest BCUT2D eigenvalue weighted by Crippen LogP contribution is -2.07. The van der Waals surface area contributed by atoms with Crippen molar-refractivity contribution in [2.75, 3.05) is 0 Å². The van der Waals surface area contributed by atoms with Gasteiger partial charge in [0.1, 0.15) is 17.3 Å². The predicted octanol–water partition coefficient (Wildman–Crippen LogP) is 9.10. The summed E-state index contributed by atoms with van der Waals surface area (Å²) in [6, 6.07) is 0. The molecule has 0 aliphatic rings. The quantitative estimate of drug-likeness (QED) is 0.123. The lowest BCUT2D eigenvalue weighted by Gasteiger charge is -2.04. The average Bonchev–Trinajstić information content (AvgIpc) is 2.79. The van der Waals surface area contributed by atoms with Crippen molar-refractivity contribution in [3.8, 4) is 0 Å². The van der Waals surface area contributed by atoms with Crippen LogP contribution in [0, 0.1) is 0 Å². The van der Waals surface area contributed by atoms with Crippen LogP contribution in [-0.4, -0.2) is 17.3 Å². The number of carbonyl (C=O) groups is 3. The molecule has 0 aromatic heterocycles. The highest BCUT2D eigenvalue weighted by atomic mass is 16.1. The zero-order valence-corrected chi connectivity index (χ0v) is 21.7. The minimum Gasteiger partial charge on any atom is -0.300 e. The van der Waals surface area contributed by atoms with Crippen LogP contribution < -0.4 is 0 Å². The van der Waals surface area contributed by atoms with Gasteiger partial charge in [-0.25, -0.2) is 0 Å². The topological polar surface area (TPSA) is 51.2 Å². The SMILES string of the molecule is CCCCCCCCCCCC(=O)CCC(=O)CCC(=O)CCCCCCCCCCC. The lowest BCUT2D eigenvalue weighted by atomic mass is 10.0. The van der Waals surface area contributed by atoms with E-state index >= 15 is 0 Å². The van der Waals surface area contributed by atoms with Gasteiger partial charge in [0.2, 0.25) is 0 Å². The Balaban J connectivity index is 3.46. The van der Waals surface area contributed by atoms with E-state index in [9.17, 15) is 14.4 Å². The summed E-state index contributed by atoms with van der Waals surface area (Å²) in [7, 11) is 0. The Morgan fingerprint density at radius 3 is 0.812 bits per heavy atom. The molecule has 0 bridgehead atoms. The van der Waals surface area contributed by atoms with Crippen molar-refractivity contribution in [2.45, 2.75) is 168 Å². The molecule has 0 aromatic rings. The maximum atomic E-state index is 12.0. The fraction of sp³-hybridized carbons (Fsp3) is 0.897. The molecule has 0 radical (unpaired) electrons. The number of Topliss-reactive ketones (excluding diaryl/α,β-unsaturated/α-hetero) is 3. The van der Waals surface area contributed by atoms with E-state index in [1.807, 2.05) is 0 Å². The van der Waals surface area contributed by atoms with Gasteiger partial charge in [-0.05, 0) is 12.8 Å². The summed E-state index contributed by atoms with van der Waals surface area (Å²) in [4.78, 5) is 35.9. The maximum absolute atomic E-state index is 12.0. The van der Waals surface area contributed by atoms with Crippen molar-refractivity contribution >= 4 is 17.3 Å². The molecule has 0 spiro atoms. The molecule has 0 fully saturated rings. The van der Waals surface area contributed by atoms with Crippen molar-refractivity contribution in [1.82, 2.24) is 0 Å². The smallest absolute Gasteiger partial charge is 0.133 e. The molecule has 0 saturated carbocycles. The Labute approximate surface area is 199 Å². The van der Waals surface area contributed by atoms with Crippen LogP contribution in [0.4, 0.5) is 0 Å². The van der Waals surface area contributed by atoms with Crippen LogP contribution in [0.3, 0.4) is 0 Å². The number of ketones is 3. The third-order valence-corrected chi connectivity index (χ3v) is 6.48. The summed E-state index contributed by atoms with van der Waals surface area (Å²) in [6.07, 6.45) is 25.1. The molecule has 0 aliphatic heterocycles. The third kappa shape index (κ3) is 23.7. The van der Waals surface area contributed by atoms with E-state index in [0.717, 1.165) is 25.7 Å². The third-order valence-electron chi connectivity index (χ3n) is 6.48. The average molecular weight is 451 g/mol. The number of carbonyl (C=O) groups excluding carboxylic acids is 3. The van der Waals surface area contributed by atoms with E-state index in [0.29, 0.717) is 38.5 Å². The van der Waals surface area contributed by atoms with Crippen molar-refractivity contribution in [3.63, 3.8) is 0 Å². The molecule has 0 atom stereocenters. The van der Waals surface area contributed by atoms with Crippen LogP contribution in [0.15, 0.2) is 0 Å². The summed E-state index contributed by atoms with van der Waals surface area (Å²) in [6.45, 7) is 4.48. The molecule has 0 aliphatic carbocycles. The Hall–Kier alpha value is -0.990. The fourth-order valence-corrected chi connectivity index (χ4v) is 4.20. The normalized spacial score (nSPS) is 11.1. The van der Waals surface area contributed by atoms with Gasteiger partial charge in [0.25, 0.3) is 0 Å². The van der Waals surface area contributed by atoms with Gasteiger partial charge >= 0.3 is 0 Å². The first-order valence-electron chi connectivity index (χ1n) is 14.1. The molecule has 0 heterocycles.